The van der Waals surface area contributed by atoms with Crippen LogP contribution in [0, 0.1) is 5.92 Å². The van der Waals surface area contributed by atoms with Gasteiger partial charge in [0.25, 0.3) is 0 Å². The number of ether oxygens (including phenoxy) is 1. The second-order valence-electron chi connectivity index (χ2n) is 3.55. The quantitative estimate of drug-likeness (QED) is 0.529. The molecule has 0 heterocycles. The predicted octanol–water partition coefficient (Wildman–Crippen LogP) is 1.12. The SMILES string of the molecule is CCCCC(OC(=O)C(C)CO)C(=O)P. The molecule has 0 aliphatic carbocycles. The molecule has 0 aliphatic heterocycles. The molecule has 3 unspecified atom stereocenters. The number of carbonyl (C=O) groups is 2. The molecule has 0 rings (SSSR count). The van der Waals surface area contributed by atoms with Crippen molar-refractivity contribution in [2.45, 2.75) is 39.2 Å². The second kappa shape index (κ2) is 7.77. The van der Waals surface area contributed by atoms with E-state index in [1.54, 1.807) is 6.92 Å². The normalized spacial score (nSPS) is 14.4. The summed E-state index contributed by atoms with van der Waals surface area (Å²) in [6, 6.07) is 0. The number of rotatable bonds is 7. The molecule has 0 aliphatic rings. The molecule has 0 bridgehead atoms. The molecule has 88 valence electrons. The summed E-state index contributed by atoms with van der Waals surface area (Å²) in [5.41, 5.74) is -0.220. The fourth-order valence-corrected chi connectivity index (χ4v) is 1.21. The molecule has 0 spiro atoms. The van der Waals surface area contributed by atoms with E-state index in [9.17, 15) is 9.59 Å². The summed E-state index contributed by atoms with van der Waals surface area (Å²) in [4.78, 5) is 22.4. The number of hydrogen-bond donors (Lipinski definition) is 1. The molecular formula is C10H19O4P. The first-order valence-electron chi connectivity index (χ1n) is 5.13. The molecule has 0 saturated heterocycles. The molecule has 0 aromatic rings. The first kappa shape index (κ1) is 14.5. The summed E-state index contributed by atoms with van der Waals surface area (Å²) in [5, 5.41) is 8.74. The third-order valence-corrected chi connectivity index (χ3v) is 2.44. The first-order valence-corrected chi connectivity index (χ1v) is 5.71. The fourth-order valence-electron chi connectivity index (χ4n) is 0.980. The zero-order chi connectivity index (χ0) is 11.8. The molecule has 0 radical (unpaired) electrons. The van der Waals surface area contributed by atoms with Crippen molar-refractivity contribution in [3.05, 3.63) is 0 Å². The molecule has 1 N–H and O–H groups in total. The fraction of sp³-hybridized carbons (Fsp3) is 0.800. The minimum Gasteiger partial charge on any atom is -0.454 e. The molecule has 4 nitrogen and oxygen atoms in total. The van der Waals surface area contributed by atoms with Crippen LogP contribution in [0.25, 0.3) is 0 Å². The van der Waals surface area contributed by atoms with Gasteiger partial charge in [0.05, 0.1) is 12.5 Å². The van der Waals surface area contributed by atoms with Crippen LogP contribution in [0.2, 0.25) is 0 Å². The smallest absolute Gasteiger partial charge is 0.311 e. The Hall–Kier alpha value is -0.470. The van der Waals surface area contributed by atoms with E-state index in [0.29, 0.717) is 6.42 Å². The Kier molecular flexibility index (Phi) is 7.53. The zero-order valence-electron chi connectivity index (χ0n) is 9.23. The van der Waals surface area contributed by atoms with Gasteiger partial charge in [-0.25, -0.2) is 0 Å². The van der Waals surface area contributed by atoms with Crippen molar-refractivity contribution in [3.8, 4) is 0 Å². The summed E-state index contributed by atoms with van der Waals surface area (Å²) in [6.07, 6.45) is 1.65. The highest BCUT2D eigenvalue weighted by Gasteiger charge is 2.22. The van der Waals surface area contributed by atoms with Crippen LogP contribution in [0.3, 0.4) is 0 Å². The summed E-state index contributed by atoms with van der Waals surface area (Å²) in [5.74, 6) is -1.09. The van der Waals surface area contributed by atoms with Gasteiger partial charge in [-0.15, -0.1) is 0 Å². The molecule has 0 amide bonds. The third kappa shape index (κ3) is 5.85. The van der Waals surface area contributed by atoms with Crippen LogP contribution in [0.5, 0.6) is 0 Å². The lowest BCUT2D eigenvalue weighted by molar-refractivity contribution is -0.158. The van der Waals surface area contributed by atoms with E-state index >= 15 is 0 Å². The lowest BCUT2D eigenvalue weighted by Gasteiger charge is -2.16. The van der Waals surface area contributed by atoms with Crippen LogP contribution < -0.4 is 0 Å². The Balaban J connectivity index is 4.16. The van der Waals surface area contributed by atoms with Gasteiger partial charge >= 0.3 is 5.97 Å². The maximum absolute atomic E-state index is 11.3. The van der Waals surface area contributed by atoms with E-state index in [4.69, 9.17) is 9.84 Å². The van der Waals surface area contributed by atoms with Gasteiger partial charge in [-0.2, -0.15) is 0 Å². The minimum absolute atomic E-state index is 0.220. The Morgan fingerprint density at radius 1 is 1.47 bits per heavy atom. The van der Waals surface area contributed by atoms with Gasteiger partial charge in [-0.1, -0.05) is 22.6 Å². The van der Waals surface area contributed by atoms with E-state index in [2.05, 4.69) is 0 Å². The Labute approximate surface area is 92.6 Å². The van der Waals surface area contributed by atoms with Crippen LogP contribution in [0.15, 0.2) is 0 Å². The van der Waals surface area contributed by atoms with Gasteiger partial charge < -0.3 is 9.84 Å². The Morgan fingerprint density at radius 3 is 2.47 bits per heavy atom. The van der Waals surface area contributed by atoms with Crippen LogP contribution in [-0.4, -0.2) is 29.3 Å². The largest absolute Gasteiger partial charge is 0.454 e. The van der Waals surface area contributed by atoms with Gasteiger partial charge in [-0.05, 0) is 19.8 Å². The van der Waals surface area contributed by atoms with Crippen LogP contribution >= 0.6 is 9.24 Å². The highest BCUT2D eigenvalue weighted by atomic mass is 31.0. The lowest BCUT2D eigenvalue weighted by atomic mass is 10.1. The highest BCUT2D eigenvalue weighted by Crippen LogP contribution is 2.12. The van der Waals surface area contributed by atoms with E-state index in [1.165, 1.54) is 0 Å². The third-order valence-electron chi connectivity index (χ3n) is 2.07. The molecule has 5 heteroatoms. The van der Waals surface area contributed by atoms with Gasteiger partial charge in [0, 0.05) is 0 Å². The number of carbonyl (C=O) groups excluding carboxylic acids is 2. The van der Waals surface area contributed by atoms with E-state index in [1.807, 2.05) is 16.2 Å². The number of aliphatic hydroxyl groups is 1. The van der Waals surface area contributed by atoms with E-state index < -0.39 is 18.0 Å². The van der Waals surface area contributed by atoms with Crippen molar-refractivity contribution in [1.82, 2.24) is 0 Å². The molecular weight excluding hydrogens is 215 g/mol. The highest BCUT2D eigenvalue weighted by molar-refractivity contribution is 7.40. The average molecular weight is 234 g/mol. The van der Waals surface area contributed by atoms with Gasteiger partial charge in [-0.3, -0.25) is 9.59 Å². The predicted molar refractivity (Wildman–Crippen MR) is 60.4 cm³/mol. The van der Waals surface area contributed by atoms with Crippen molar-refractivity contribution in [2.75, 3.05) is 6.61 Å². The Morgan fingerprint density at radius 2 is 2.07 bits per heavy atom. The molecule has 0 saturated carbocycles. The minimum atomic E-state index is -0.684. The van der Waals surface area contributed by atoms with Crippen molar-refractivity contribution in [1.29, 1.82) is 0 Å². The van der Waals surface area contributed by atoms with Crippen molar-refractivity contribution in [2.24, 2.45) is 5.92 Å². The van der Waals surface area contributed by atoms with Crippen molar-refractivity contribution < 1.29 is 19.4 Å². The standard InChI is InChI=1S/C10H19O4P/c1-3-4-5-8(10(13)15)14-9(12)7(2)6-11/h7-8,11H,3-6,15H2,1-2H3. The number of aliphatic hydroxyl groups excluding tert-OH is 1. The van der Waals surface area contributed by atoms with Gasteiger partial charge in [0.2, 0.25) is 0 Å². The molecule has 0 aromatic carbocycles. The molecule has 0 fully saturated rings. The zero-order valence-corrected chi connectivity index (χ0v) is 10.4. The number of unbranched alkanes of at least 4 members (excludes halogenated alkanes) is 1. The number of hydrogen-bond acceptors (Lipinski definition) is 4. The summed E-state index contributed by atoms with van der Waals surface area (Å²) < 4.78 is 5.00. The topological polar surface area (TPSA) is 63.6 Å². The van der Waals surface area contributed by atoms with Crippen molar-refractivity contribution >= 4 is 20.7 Å². The van der Waals surface area contributed by atoms with Crippen molar-refractivity contribution in [3.63, 3.8) is 0 Å². The summed E-state index contributed by atoms with van der Waals surface area (Å²) in [6.45, 7) is 3.30. The van der Waals surface area contributed by atoms with Gasteiger partial charge in [0.15, 0.2) is 11.6 Å². The molecule has 3 atom stereocenters. The van der Waals surface area contributed by atoms with Gasteiger partial charge in [0.1, 0.15) is 0 Å². The van der Waals surface area contributed by atoms with E-state index in [-0.39, 0.29) is 12.1 Å². The second-order valence-corrected chi connectivity index (χ2v) is 4.12. The number of esters is 1. The summed E-state index contributed by atoms with van der Waals surface area (Å²) >= 11 is 0. The summed E-state index contributed by atoms with van der Waals surface area (Å²) in [7, 11) is 2.03. The first-order chi connectivity index (χ1) is 7.02. The maximum Gasteiger partial charge on any atom is 0.311 e. The molecule has 0 aromatic heterocycles. The maximum atomic E-state index is 11.3. The Bertz CT molecular complexity index is 217. The van der Waals surface area contributed by atoms with Crippen LogP contribution in [0.1, 0.15) is 33.1 Å². The van der Waals surface area contributed by atoms with E-state index in [0.717, 1.165) is 12.8 Å². The average Bonchev–Trinajstić information content (AvgIpc) is 2.22. The van der Waals surface area contributed by atoms with Crippen LogP contribution in [0.4, 0.5) is 0 Å². The lowest BCUT2D eigenvalue weighted by Crippen LogP contribution is -2.28. The monoisotopic (exact) mass is 234 g/mol. The molecule has 15 heavy (non-hydrogen) atoms. The van der Waals surface area contributed by atoms with Crippen LogP contribution in [-0.2, 0) is 14.3 Å².